The van der Waals surface area contributed by atoms with Gasteiger partial charge in [0.05, 0.1) is 44.6 Å². The first-order valence-electron chi connectivity index (χ1n) is 9.59. The Labute approximate surface area is 182 Å². The molecular formula is C22H27N3O5S. The molecular weight excluding hydrogens is 418 g/mol. The molecule has 1 aromatic heterocycles. The SMILES string of the molecule is COc1cc(NS(=O)(=O)c2cn(-c3ccccc3)nc2C(C)(C)C)cc(OC)c1OC. The van der Waals surface area contributed by atoms with Crippen molar-refractivity contribution < 1.29 is 22.6 Å². The van der Waals surface area contributed by atoms with Gasteiger partial charge < -0.3 is 14.2 Å². The van der Waals surface area contributed by atoms with Gasteiger partial charge in [-0.1, -0.05) is 39.0 Å². The summed E-state index contributed by atoms with van der Waals surface area (Å²) in [6.07, 6.45) is 1.52. The maximum Gasteiger partial charge on any atom is 0.265 e. The van der Waals surface area contributed by atoms with E-state index in [0.29, 0.717) is 22.9 Å². The lowest BCUT2D eigenvalue weighted by Gasteiger charge is -2.18. The highest BCUT2D eigenvalue weighted by molar-refractivity contribution is 7.92. The van der Waals surface area contributed by atoms with Crippen LogP contribution in [0.4, 0.5) is 5.69 Å². The van der Waals surface area contributed by atoms with E-state index < -0.39 is 15.4 Å². The summed E-state index contributed by atoms with van der Waals surface area (Å²) in [5, 5.41) is 4.58. The van der Waals surface area contributed by atoms with Gasteiger partial charge in [-0.05, 0) is 12.1 Å². The van der Waals surface area contributed by atoms with Gasteiger partial charge in [-0.3, -0.25) is 4.72 Å². The van der Waals surface area contributed by atoms with Crippen LogP contribution in [0, 0.1) is 0 Å². The molecule has 0 amide bonds. The van der Waals surface area contributed by atoms with Gasteiger partial charge in [0.2, 0.25) is 5.75 Å². The first-order valence-corrected chi connectivity index (χ1v) is 11.1. The molecule has 8 nitrogen and oxygen atoms in total. The third-order valence-corrected chi connectivity index (χ3v) is 6.00. The summed E-state index contributed by atoms with van der Waals surface area (Å²) in [5.74, 6) is 1.06. The van der Waals surface area contributed by atoms with E-state index in [-0.39, 0.29) is 10.6 Å². The molecule has 0 radical (unpaired) electrons. The van der Waals surface area contributed by atoms with Crippen molar-refractivity contribution in [1.29, 1.82) is 0 Å². The molecule has 0 aliphatic rings. The van der Waals surface area contributed by atoms with E-state index >= 15 is 0 Å². The minimum atomic E-state index is -3.97. The normalized spacial score (nSPS) is 11.8. The van der Waals surface area contributed by atoms with Crippen molar-refractivity contribution in [2.75, 3.05) is 26.1 Å². The topological polar surface area (TPSA) is 91.7 Å². The van der Waals surface area contributed by atoms with Crippen LogP contribution in [0.15, 0.2) is 53.6 Å². The van der Waals surface area contributed by atoms with Crippen LogP contribution in [-0.2, 0) is 15.4 Å². The Morgan fingerprint density at radius 2 is 1.52 bits per heavy atom. The number of nitrogens with one attached hydrogen (secondary N) is 1. The molecule has 31 heavy (non-hydrogen) atoms. The van der Waals surface area contributed by atoms with Crippen LogP contribution < -0.4 is 18.9 Å². The smallest absolute Gasteiger partial charge is 0.265 e. The zero-order valence-electron chi connectivity index (χ0n) is 18.5. The third-order valence-electron chi connectivity index (χ3n) is 4.62. The Hall–Kier alpha value is -3.20. The molecule has 166 valence electrons. The van der Waals surface area contributed by atoms with Crippen LogP contribution in [-0.4, -0.2) is 39.5 Å². The highest BCUT2D eigenvalue weighted by atomic mass is 32.2. The molecule has 1 N–H and O–H groups in total. The molecule has 0 aliphatic carbocycles. The largest absolute Gasteiger partial charge is 0.493 e. The minimum Gasteiger partial charge on any atom is -0.493 e. The molecule has 3 rings (SSSR count). The van der Waals surface area contributed by atoms with Crippen molar-refractivity contribution in [3.8, 4) is 22.9 Å². The van der Waals surface area contributed by atoms with E-state index in [1.54, 1.807) is 4.68 Å². The number of nitrogens with zero attached hydrogens (tertiary/aromatic N) is 2. The molecule has 0 spiro atoms. The van der Waals surface area contributed by atoms with Crippen molar-refractivity contribution in [3.05, 3.63) is 54.4 Å². The Bertz CT molecular complexity index is 1140. The number of para-hydroxylation sites is 1. The fourth-order valence-electron chi connectivity index (χ4n) is 3.14. The van der Waals surface area contributed by atoms with Crippen molar-refractivity contribution in [3.63, 3.8) is 0 Å². The van der Waals surface area contributed by atoms with Gasteiger partial charge in [0, 0.05) is 17.5 Å². The number of aromatic nitrogens is 2. The highest BCUT2D eigenvalue weighted by Crippen LogP contribution is 2.40. The molecule has 0 fully saturated rings. The van der Waals surface area contributed by atoms with Crippen LogP contribution >= 0.6 is 0 Å². The van der Waals surface area contributed by atoms with Gasteiger partial charge in [-0.25, -0.2) is 13.1 Å². The summed E-state index contributed by atoms with van der Waals surface area (Å²) in [7, 11) is 0.454. The minimum absolute atomic E-state index is 0.0950. The Morgan fingerprint density at radius 3 is 2.00 bits per heavy atom. The van der Waals surface area contributed by atoms with Crippen LogP contribution in [0.25, 0.3) is 5.69 Å². The second-order valence-corrected chi connectivity index (χ2v) is 9.54. The monoisotopic (exact) mass is 445 g/mol. The maximum absolute atomic E-state index is 13.4. The molecule has 0 unspecified atom stereocenters. The van der Waals surface area contributed by atoms with E-state index in [2.05, 4.69) is 9.82 Å². The number of sulfonamides is 1. The Morgan fingerprint density at radius 1 is 0.935 bits per heavy atom. The van der Waals surface area contributed by atoms with Crippen LogP contribution in [0.5, 0.6) is 17.2 Å². The molecule has 0 atom stereocenters. The fourth-order valence-corrected chi connectivity index (χ4v) is 4.52. The van der Waals surface area contributed by atoms with Crippen molar-refractivity contribution >= 4 is 15.7 Å². The van der Waals surface area contributed by atoms with Crippen LogP contribution in [0.2, 0.25) is 0 Å². The van der Waals surface area contributed by atoms with E-state index in [0.717, 1.165) is 5.69 Å². The number of hydrogen-bond donors (Lipinski definition) is 1. The van der Waals surface area contributed by atoms with Gasteiger partial charge in [-0.2, -0.15) is 5.10 Å². The molecule has 9 heteroatoms. The second kappa shape index (κ2) is 8.50. The summed E-state index contributed by atoms with van der Waals surface area (Å²) in [6.45, 7) is 5.76. The zero-order valence-corrected chi connectivity index (χ0v) is 19.3. The summed E-state index contributed by atoms with van der Waals surface area (Å²) in [4.78, 5) is 0.0950. The highest BCUT2D eigenvalue weighted by Gasteiger charge is 2.31. The maximum atomic E-state index is 13.4. The van der Waals surface area contributed by atoms with Crippen molar-refractivity contribution in [1.82, 2.24) is 9.78 Å². The lowest BCUT2D eigenvalue weighted by molar-refractivity contribution is 0.324. The number of methoxy groups -OCH3 is 3. The number of hydrogen-bond acceptors (Lipinski definition) is 6. The predicted octanol–water partition coefficient (Wildman–Crippen LogP) is 4.00. The third kappa shape index (κ3) is 4.61. The summed E-state index contributed by atoms with van der Waals surface area (Å²) in [6, 6.07) is 12.4. The summed E-state index contributed by atoms with van der Waals surface area (Å²) in [5.41, 5.74) is 1.000. The van der Waals surface area contributed by atoms with Gasteiger partial charge in [0.25, 0.3) is 10.0 Å². The average Bonchev–Trinajstić information content (AvgIpc) is 3.20. The summed E-state index contributed by atoms with van der Waals surface area (Å²) < 4.78 is 46.9. The van der Waals surface area contributed by atoms with E-state index in [1.807, 2.05) is 51.1 Å². The standard InChI is InChI=1S/C22H27N3O5S/c1-22(2,3)21-19(14-25(23-21)16-10-8-7-9-11-16)31(26,27)24-15-12-17(28-4)20(30-6)18(13-15)29-5/h7-14,24H,1-6H3. The molecule has 0 saturated heterocycles. The first-order chi connectivity index (χ1) is 14.6. The first kappa shape index (κ1) is 22.5. The average molecular weight is 446 g/mol. The van der Waals surface area contributed by atoms with Gasteiger partial charge in [-0.15, -0.1) is 0 Å². The number of benzene rings is 2. The lowest BCUT2D eigenvalue weighted by atomic mass is 9.92. The molecule has 2 aromatic carbocycles. The number of rotatable bonds is 7. The van der Waals surface area contributed by atoms with E-state index in [1.165, 1.54) is 39.7 Å². The Kier molecular flexibility index (Phi) is 6.17. The van der Waals surface area contributed by atoms with Gasteiger partial charge in [0.15, 0.2) is 11.5 Å². The van der Waals surface area contributed by atoms with Crippen LogP contribution in [0.1, 0.15) is 26.5 Å². The molecule has 1 heterocycles. The van der Waals surface area contributed by atoms with E-state index in [4.69, 9.17) is 14.2 Å². The molecule has 0 saturated carbocycles. The fraction of sp³-hybridized carbons (Fsp3) is 0.318. The zero-order chi connectivity index (χ0) is 22.8. The number of ether oxygens (including phenoxy) is 3. The quantitative estimate of drug-likeness (QED) is 0.591. The van der Waals surface area contributed by atoms with Crippen molar-refractivity contribution in [2.24, 2.45) is 0 Å². The molecule has 3 aromatic rings. The number of anilines is 1. The molecule has 0 bridgehead atoms. The van der Waals surface area contributed by atoms with Gasteiger partial charge >= 0.3 is 0 Å². The second-order valence-electron chi connectivity index (χ2n) is 7.89. The lowest BCUT2D eigenvalue weighted by Crippen LogP contribution is -2.20. The molecule has 0 aliphatic heterocycles. The van der Waals surface area contributed by atoms with E-state index in [9.17, 15) is 8.42 Å². The Balaban J connectivity index is 2.09. The van der Waals surface area contributed by atoms with Crippen LogP contribution in [0.3, 0.4) is 0 Å². The van der Waals surface area contributed by atoms with Gasteiger partial charge in [0.1, 0.15) is 4.90 Å². The predicted molar refractivity (Wildman–Crippen MR) is 119 cm³/mol. The van der Waals surface area contributed by atoms with Crippen molar-refractivity contribution in [2.45, 2.75) is 31.1 Å². The summed E-state index contributed by atoms with van der Waals surface area (Å²) >= 11 is 0.